The van der Waals surface area contributed by atoms with E-state index in [0.29, 0.717) is 12.6 Å². The van der Waals surface area contributed by atoms with E-state index in [1.807, 2.05) is 13.8 Å². The lowest BCUT2D eigenvalue weighted by molar-refractivity contribution is -0.214. The van der Waals surface area contributed by atoms with Gasteiger partial charge in [-0.3, -0.25) is 0 Å². The standard InChI is InChI=1S/C14H25NO4/c1-14(2)18-12-11(16)10(17-13(12)19-14)8-15-9-6-4-3-5-7-9/h9-13,15-16H,3-8H2,1-2H3/t10-,11+,12-,13-/m1/s1. The summed E-state index contributed by atoms with van der Waals surface area (Å²) >= 11 is 0. The molecule has 110 valence electrons. The molecule has 3 fully saturated rings. The molecule has 1 saturated carbocycles. The molecule has 0 spiro atoms. The number of fused-ring (bicyclic) bond motifs is 1. The predicted molar refractivity (Wildman–Crippen MR) is 69.6 cm³/mol. The van der Waals surface area contributed by atoms with Crippen LogP contribution in [0.15, 0.2) is 0 Å². The molecule has 0 radical (unpaired) electrons. The third-order valence-corrected chi connectivity index (χ3v) is 4.33. The summed E-state index contributed by atoms with van der Waals surface area (Å²) in [5.74, 6) is -0.655. The Kier molecular flexibility index (Phi) is 3.84. The minimum atomic E-state index is -0.655. The second-order valence-corrected chi connectivity index (χ2v) is 6.38. The fourth-order valence-corrected chi connectivity index (χ4v) is 3.32. The largest absolute Gasteiger partial charge is 0.387 e. The summed E-state index contributed by atoms with van der Waals surface area (Å²) in [6, 6.07) is 0.572. The van der Waals surface area contributed by atoms with Crippen molar-refractivity contribution in [3.8, 4) is 0 Å². The van der Waals surface area contributed by atoms with Crippen LogP contribution in [0, 0.1) is 0 Å². The number of hydrogen-bond donors (Lipinski definition) is 2. The number of rotatable bonds is 3. The predicted octanol–water partition coefficient (Wildman–Crippen LogP) is 1.15. The van der Waals surface area contributed by atoms with Crippen LogP contribution in [0.5, 0.6) is 0 Å². The summed E-state index contributed by atoms with van der Waals surface area (Å²) in [5, 5.41) is 13.8. The summed E-state index contributed by atoms with van der Waals surface area (Å²) in [5.41, 5.74) is 0. The van der Waals surface area contributed by atoms with Gasteiger partial charge in [0.25, 0.3) is 0 Å². The zero-order valence-electron chi connectivity index (χ0n) is 11.8. The Labute approximate surface area is 114 Å². The van der Waals surface area contributed by atoms with Crippen LogP contribution in [-0.2, 0) is 14.2 Å². The topological polar surface area (TPSA) is 60.0 Å². The SMILES string of the molecule is CC1(C)O[C@H]2O[C@H](CNC3CCCCC3)[C@H](O)[C@H]2O1. The zero-order chi connectivity index (χ0) is 13.5. The van der Waals surface area contributed by atoms with Gasteiger partial charge >= 0.3 is 0 Å². The first kappa shape index (κ1) is 13.8. The van der Waals surface area contributed by atoms with Gasteiger partial charge in [-0.2, -0.15) is 0 Å². The van der Waals surface area contributed by atoms with Crippen molar-refractivity contribution in [1.29, 1.82) is 0 Å². The van der Waals surface area contributed by atoms with E-state index < -0.39 is 18.2 Å². The Morgan fingerprint density at radius 1 is 1.16 bits per heavy atom. The first-order valence-electron chi connectivity index (χ1n) is 7.48. The fraction of sp³-hybridized carbons (Fsp3) is 1.00. The van der Waals surface area contributed by atoms with Crippen LogP contribution >= 0.6 is 0 Å². The molecular weight excluding hydrogens is 246 g/mol. The van der Waals surface area contributed by atoms with Gasteiger partial charge in [-0.25, -0.2) is 0 Å². The van der Waals surface area contributed by atoms with E-state index in [4.69, 9.17) is 14.2 Å². The minimum absolute atomic E-state index is 0.229. The average molecular weight is 271 g/mol. The van der Waals surface area contributed by atoms with E-state index in [1.54, 1.807) is 0 Å². The Morgan fingerprint density at radius 3 is 2.58 bits per heavy atom. The fourth-order valence-electron chi connectivity index (χ4n) is 3.32. The summed E-state index contributed by atoms with van der Waals surface area (Å²) in [6.07, 6.45) is 4.80. The molecule has 2 saturated heterocycles. The Hall–Kier alpha value is -0.200. The van der Waals surface area contributed by atoms with Gasteiger partial charge in [0.1, 0.15) is 18.3 Å². The van der Waals surface area contributed by atoms with Gasteiger partial charge in [0.05, 0.1) is 0 Å². The summed E-state index contributed by atoms with van der Waals surface area (Å²) in [6.45, 7) is 4.36. The molecule has 4 atom stereocenters. The van der Waals surface area contributed by atoms with Crippen LogP contribution in [0.1, 0.15) is 46.0 Å². The lowest BCUT2D eigenvalue weighted by Crippen LogP contribution is -2.43. The lowest BCUT2D eigenvalue weighted by Gasteiger charge is -2.27. The van der Waals surface area contributed by atoms with Crippen LogP contribution in [0.2, 0.25) is 0 Å². The van der Waals surface area contributed by atoms with Gasteiger partial charge in [0.2, 0.25) is 0 Å². The number of nitrogens with one attached hydrogen (secondary N) is 1. The number of hydrogen-bond acceptors (Lipinski definition) is 5. The first-order chi connectivity index (χ1) is 9.05. The Bertz CT molecular complexity index is 317. The normalized spacial score (nSPS) is 42.5. The van der Waals surface area contributed by atoms with Crippen LogP contribution in [0.25, 0.3) is 0 Å². The van der Waals surface area contributed by atoms with E-state index in [0.717, 1.165) is 0 Å². The third kappa shape index (κ3) is 2.95. The molecule has 3 rings (SSSR count). The molecule has 0 unspecified atom stereocenters. The van der Waals surface area contributed by atoms with Crippen molar-refractivity contribution >= 4 is 0 Å². The number of aliphatic hydroxyl groups is 1. The molecular formula is C14H25NO4. The molecule has 0 bridgehead atoms. The summed E-state index contributed by atoms with van der Waals surface area (Å²) < 4.78 is 17.1. The summed E-state index contributed by atoms with van der Waals surface area (Å²) in [7, 11) is 0. The molecule has 2 aliphatic heterocycles. The van der Waals surface area contributed by atoms with Gasteiger partial charge in [-0.1, -0.05) is 19.3 Å². The van der Waals surface area contributed by atoms with Crippen LogP contribution in [0.4, 0.5) is 0 Å². The van der Waals surface area contributed by atoms with Gasteiger partial charge in [-0.15, -0.1) is 0 Å². The molecule has 2 N–H and O–H groups in total. The van der Waals surface area contributed by atoms with E-state index in [-0.39, 0.29) is 12.2 Å². The first-order valence-corrected chi connectivity index (χ1v) is 7.48. The number of ether oxygens (including phenoxy) is 3. The van der Waals surface area contributed by atoms with Gasteiger partial charge < -0.3 is 24.6 Å². The second kappa shape index (κ2) is 5.30. The van der Waals surface area contributed by atoms with Crippen LogP contribution in [-0.4, -0.2) is 48.1 Å². The molecule has 0 aromatic rings. The molecule has 0 aromatic heterocycles. The highest BCUT2D eigenvalue weighted by atomic mass is 16.8. The molecule has 19 heavy (non-hydrogen) atoms. The van der Waals surface area contributed by atoms with Crippen molar-refractivity contribution in [3.05, 3.63) is 0 Å². The van der Waals surface area contributed by atoms with Crippen molar-refractivity contribution in [2.24, 2.45) is 0 Å². The smallest absolute Gasteiger partial charge is 0.190 e. The molecule has 0 amide bonds. The van der Waals surface area contributed by atoms with Gasteiger partial charge in [-0.05, 0) is 26.7 Å². The van der Waals surface area contributed by atoms with Crippen molar-refractivity contribution in [1.82, 2.24) is 5.32 Å². The maximum absolute atomic E-state index is 10.3. The molecule has 5 nitrogen and oxygen atoms in total. The van der Waals surface area contributed by atoms with Crippen LogP contribution in [0.3, 0.4) is 0 Å². The van der Waals surface area contributed by atoms with E-state index in [2.05, 4.69) is 5.32 Å². The minimum Gasteiger partial charge on any atom is -0.387 e. The molecule has 2 heterocycles. The quantitative estimate of drug-likeness (QED) is 0.806. The molecule has 3 aliphatic rings. The Balaban J connectivity index is 1.48. The van der Waals surface area contributed by atoms with Gasteiger partial charge in [0.15, 0.2) is 12.1 Å². The maximum Gasteiger partial charge on any atom is 0.190 e. The molecule has 5 heteroatoms. The Morgan fingerprint density at radius 2 is 1.89 bits per heavy atom. The lowest BCUT2D eigenvalue weighted by atomic mass is 9.95. The zero-order valence-corrected chi connectivity index (χ0v) is 11.8. The monoisotopic (exact) mass is 271 g/mol. The number of aliphatic hydroxyl groups excluding tert-OH is 1. The van der Waals surface area contributed by atoms with Crippen molar-refractivity contribution in [3.63, 3.8) is 0 Å². The second-order valence-electron chi connectivity index (χ2n) is 6.38. The summed E-state index contributed by atoms with van der Waals surface area (Å²) in [4.78, 5) is 0. The van der Waals surface area contributed by atoms with E-state index in [9.17, 15) is 5.11 Å². The third-order valence-electron chi connectivity index (χ3n) is 4.33. The van der Waals surface area contributed by atoms with Crippen molar-refractivity contribution in [2.75, 3.05) is 6.54 Å². The van der Waals surface area contributed by atoms with Crippen LogP contribution < -0.4 is 5.32 Å². The average Bonchev–Trinajstić information content (AvgIpc) is 2.83. The highest BCUT2D eigenvalue weighted by Gasteiger charge is 2.54. The van der Waals surface area contributed by atoms with E-state index in [1.165, 1.54) is 32.1 Å². The molecule has 1 aliphatic carbocycles. The maximum atomic E-state index is 10.3. The molecule has 0 aromatic carbocycles. The highest BCUT2D eigenvalue weighted by Crippen LogP contribution is 2.37. The van der Waals surface area contributed by atoms with Gasteiger partial charge in [0, 0.05) is 12.6 Å². The van der Waals surface area contributed by atoms with Crippen molar-refractivity contribution in [2.45, 2.75) is 82.4 Å². The van der Waals surface area contributed by atoms with E-state index >= 15 is 0 Å². The highest BCUT2D eigenvalue weighted by molar-refractivity contribution is 4.94. The van der Waals surface area contributed by atoms with Crippen molar-refractivity contribution < 1.29 is 19.3 Å².